The molecule has 1 aliphatic rings. The summed E-state index contributed by atoms with van der Waals surface area (Å²) in [6, 6.07) is 0. The molecule has 4 nitrogen and oxygen atoms in total. The summed E-state index contributed by atoms with van der Waals surface area (Å²) in [5.74, 6) is 1.18. The lowest BCUT2D eigenvalue weighted by molar-refractivity contribution is 0.00200. The Hall–Kier alpha value is -1.37. The Morgan fingerprint density at radius 3 is 2.96 bits per heavy atom. The molecule has 1 aliphatic heterocycles. The topological polar surface area (TPSA) is 44.1 Å². The van der Waals surface area contributed by atoms with Crippen molar-refractivity contribution in [1.82, 2.24) is 9.55 Å². The third-order valence-electron chi connectivity index (χ3n) is 4.30. The summed E-state index contributed by atoms with van der Waals surface area (Å²) in [7, 11) is 0. The highest BCUT2D eigenvalue weighted by atomic mass is 32.2. The number of allylic oxidation sites excluding steroid dienone is 1. The summed E-state index contributed by atoms with van der Waals surface area (Å²) in [5, 5.41) is 1.51. The van der Waals surface area contributed by atoms with Gasteiger partial charge < -0.3 is 4.74 Å². The highest BCUT2D eigenvalue weighted by molar-refractivity contribution is 7.99. The minimum atomic E-state index is 0.0380. The summed E-state index contributed by atoms with van der Waals surface area (Å²) in [4.78, 5) is 20.0. The summed E-state index contributed by atoms with van der Waals surface area (Å²) in [6.45, 7) is 15.1. The van der Waals surface area contributed by atoms with Crippen molar-refractivity contribution < 1.29 is 4.74 Å². The van der Waals surface area contributed by atoms with Crippen LogP contribution in [0.25, 0.3) is 10.2 Å². The molecule has 0 spiro atoms. The van der Waals surface area contributed by atoms with Crippen molar-refractivity contribution in [2.24, 2.45) is 5.92 Å². The van der Waals surface area contributed by atoms with Gasteiger partial charge in [0.1, 0.15) is 4.83 Å². The van der Waals surface area contributed by atoms with Crippen LogP contribution in [0.5, 0.6) is 0 Å². The maximum absolute atomic E-state index is 13.2. The smallest absolute Gasteiger partial charge is 0.263 e. The molecule has 0 fully saturated rings. The predicted octanol–water partition coefficient (Wildman–Crippen LogP) is 4.41. The second-order valence-electron chi connectivity index (χ2n) is 6.83. The lowest BCUT2D eigenvalue weighted by Gasteiger charge is -2.26. The number of aromatic nitrogens is 2. The third-order valence-corrected chi connectivity index (χ3v) is 6.60. The van der Waals surface area contributed by atoms with Crippen molar-refractivity contribution in [2.75, 3.05) is 5.75 Å². The molecule has 0 saturated heterocycles. The lowest BCUT2D eigenvalue weighted by Crippen LogP contribution is -2.28. The van der Waals surface area contributed by atoms with Crippen molar-refractivity contribution in [3.05, 3.63) is 45.6 Å². The highest BCUT2D eigenvalue weighted by Crippen LogP contribution is 2.35. The van der Waals surface area contributed by atoms with Gasteiger partial charge in [-0.2, -0.15) is 0 Å². The van der Waals surface area contributed by atoms with Gasteiger partial charge in [0.05, 0.1) is 18.1 Å². The molecule has 0 aliphatic carbocycles. The minimum Gasteiger partial charge on any atom is -0.372 e. The monoisotopic (exact) mass is 376 g/mol. The Morgan fingerprint density at radius 1 is 1.56 bits per heavy atom. The number of fused-ring (bicyclic) bond motifs is 3. The maximum Gasteiger partial charge on any atom is 0.263 e. The van der Waals surface area contributed by atoms with Crippen LogP contribution in [-0.2, 0) is 24.3 Å². The molecule has 0 amide bonds. The third kappa shape index (κ3) is 3.61. The fourth-order valence-corrected chi connectivity index (χ4v) is 4.97. The van der Waals surface area contributed by atoms with Crippen LogP contribution >= 0.6 is 23.1 Å². The van der Waals surface area contributed by atoms with Gasteiger partial charge >= 0.3 is 0 Å². The number of thioether (sulfide) groups is 1. The first-order valence-corrected chi connectivity index (χ1v) is 10.3. The standard InChI is InChI=1S/C19H24N2O2S2/c1-6-7-21-18(22)16-13-8-14(12(4)5)23-9-15(13)25-17(16)20-19(21)24-10-11(2)3/h6,12,14H,1-2,7-10H2,3-5H3. The normalized spacial score (nSPS) is 17.0. The van der Waals surface area contributed by atoms with Gasteiger partial charge in [0.25, 0.3) is 5.56 Å². The quantitative estimate of drug-likeness (QED) is 0.425. The zero-order valence-corrected chi connectivity index (χ0v) is 16.6. The average molecular weight is 377 g/mol. The van der Waals surface area contributed by atoms with Crippen LogP contribution in [0.3, 0.4) is 0 Å². The summed E-state index contributed by atoms with van der Waals surface area (Å²) in [5.41, 5.74) is 2.23. The molecule has 2 aromatic rings. The SMILES string of the molecule is C=CCn1c(SCC(=C)C)nc2sc3c(c2c1=O)CC(C(C)C)OC3. The van der Waals surface area contributed by atoms with E-state index in [1.54, 1.807) is 33.7 Å². The first kappa shape index (κ1) is 18.4. The summed E-state index contributed by atoms with van der Waals surface area (Å²) in [6.07, 6.45) is 2.70. The minimum absolute atomic E-state index is 0.0380. The fraction of sp³-hybridized carbons (Fsp3) is 0.474. The first-order valence-electron chi connectivity index (χ1n) is 8.47. The molecular formula is C19H24N2O2S2. The maximum atomic E-state index is 13.2. The van der Waals surface area contributed by atoms with Gasteiger partial charge in [-0.25, -0.2) is 4.98 Å². The molecule has 0 N–H and O–H groups in total. The van der Waals surface area contributed by atoms with E-state index in [9.17, 15) is 4.79 Å². The fourth-order valence-electron chi connectivity index (χ4n) is 2.96. The van der Waals surface area contributed by atoms with Crippen LogP contribution in [0.2, 0.25) is 0 Å². The average Bonchev–Trinajstić information content (AvgIpc) is 2.93. The molecule has 0 aromatic carbocycles. The van der Waals surface area contributed by atoms with E-state index in [-0.39, 0.29) is 11.7 Å². The van der Waals surface area contributed by atoms with Crippen LogP contribution in [0.1, 0.15) is 31.2 Å². The van der Waals surface area contributed by atoms with E-state index in [0.29, 0.717) is 19.1 Å². The largest absolute Gasteiger partial charge is 0.372 e. The predicted molar refractivity (Wildman–Crippen MR) is 107 cm³/mol. The van der Waals surface area contributed by atoms with Crippen LogP contribution in [0.15, 0.2) is 34.8 Å². The van der Waals surface area contributed by atoms with E-state index in [4.69, 9.17) is 9.72 Å². The Kier molecular flexibility index (Phi) is 5.51. The molecule has 1 unspecified atom stereocenters. The number of thiophene rings is 1. The van der Waals surface area contributed by atoms with Gasteiger partial charge in [-0.1, -0.05) is 43.8 Å². The van der Waals surface area contributed by atoms with Crippen molar-refractivity contribution in [2.45, 2.75) is 51.6 Å². The molecule has 0 radical (unpaired) electrons. The Morgan fingerprint density at radius 2 is 2.32 bits per heavy atom. The Balaban J connectivity index is 2.13. The molecule has 0 bridgehead atoms. The molecule has 134 valence electrons. The molecular weight excluding hydrogens is 352 g/mol. The van der Waals surface area contributed by atoms with E-state index in [1.807, 2.05) is 6.92 Å². The van der Waals surface area contributed by atoms with Gasteiger partial charge in [-0.05, 0) is 18.4 Å². The van der Waals surface area contributed by atoms with Gasteiger partial charge in [0.2, 0.25) is 0 Å². The first-order chi connectivity index (χ1) is 11.9. The lowest BCUT2D eigenvalue weighted by atomic mass is 9.96. The zero-order chi connectivity index (χ0) is 18.1. The number of nitrogens with zero attached hydrogens (tertiary/aromatic N) is 2. The Labute approximate surface area is 156 Å². The van der Waals surface area contributed by atoms with Crippen LogP contribution in [0, 0.1) is 5.92 Å². The van der Waals surface area contributed by atoms with E-state index < -0.39 is 0 Å². The Bertz CT molecular complexity index is 880. The van der Waals surface area contributed by atoms with E-state index in [2.05, 4.69) is 27.0 Å². The number of hydrogen-bond acceptors (Lipinski definition) is 5. The van der Waals surface area contributed by atoms with E-state index >= 15 is 0 Å². The summed E-state index contributed by atoms with van der Waals surface area (Å²) >= 11 is 3.15. The van der Waals surface area contributed by atoms with Crippen molar-refractivity contribution >= 4 is 33.3 Å². The van der Waals surface area contributed by atoms with Crippen LogP contribution in [0.4, 0.5) is 0 Å². The van der Waals surface area contributed by atoms with Crippen molar-refractivity contribution in [3.63, 3.8) is 0 Å². The van der Waals surface area contributed by atoms with Crippen LogP contribution < -0.4 is 5.56 Å². The molecule has 2 aromatic heterocycles. The van der Waals surface area contributed by atoms with Gasteiger partial charge in [0.15, 0.2) is 5.16 Å². The second kappa shape index (κ2) is 7.48. The summed E-state index contributed by atoms with van der Waals surface area (Å²) < 4.78 is 7.69. The molecule has 3 rings (SSSR count). The molecule has 0 saturated carbocycles. The molecule has 25 heavy (non-hydrogen) atoms. The van der Waals surface area contributed by atoms with Gasteiger partial charge in [-0.15, -0.1) is 17.9 Å². The van der Waals surface area contributed by atoms with Crippen LogP contribution in [-0.4, -0.2) is 21.4 Å². The second-order valence-corrected chi connectivity index (χ2v) is 8.85. The number of ether oxygens (including phenoxy) is 1. The van der Waals surface area contributed by atoms with Gasteiger partial charge in [-0.3, -0.25) is 9.36 Å². The van der Waals surface area contributed by atoms with E-state index in [1.165, 1.54) is 0 Å². The molecule has 1 atom stereocenters. The van der Waals surface area contributed by atoms with Gasteiger partial charge in [0, 0.05) is 23.6 Å². The highest BCUT2D eigenvalue weighted by Gasteiger charge is 2.28. The molecule has 6 heteroatoms. The molecule has 3 heterocycles. The number of hydrogen-bond donors (Lipinski definition) is 0. The van der Waals surface area contributed by atoms with Crippen molar-refractivity contribution in [3.8, 4) is 0 Å². The van der Waals surface area contributed by atoms with Crippen molar-refractivity contribution in [1.29, 1.82) is 0 Å². The number of rotatable bonds is 6. The van der Waals surface area contributed by atoms with E-state index in [0.717, 1.165) is 43.6 Å². The zero-order valence-electron chi connectivity index (χ0n) is 15.0.